The summed E-state index contributed by atoms with van der Waals surface area (Å²) in [4.78, 5) is 19.2. The van der Waals surface area contributed by atoms with Gasteiger partial charge in [0.25, 0.3) is 5.91 Å². The van der Waals surface area contributed by atoms with Crippen LogP contribution < -0.4 is 9.47 Å². The van der Waals surface area contributed by atoms with Gasteiger partial charge in [-0.05, 0) is 62.8 Å². The van der Waals surface area contributed by atoms with Crippen LogP contribution in [0, 0.1) is 11.8 Å². The van der Waals surface area contributed by atoms with Gasteiger partial charge in [0.1, 0.15) is 5.56 Å². The number of methoxy groups -OCH3 is 2. The highest BCUT2D eigenvalue weighted by molar-refractivity contribution is 5.96. The van der Waals surface area contributed by atoms with E-state index in [1.54, 1.807) is 19.2 Å². The van der Waals surface area contributed by atoms with Crippen molar-refractivity contribution < 1.29 is 23.7 Å². The van der Waals surface area contributed by atoms with Gasteiger partial charge >= 0.3 is 0 Å². The van der Waals surface area contributed by atoms with E-state index in [0.717, 1.165) is 57.8 Å². The highest BCUT2D eigenvalue weighted by Crippen LogP contribution is 2.39. The van der Waals surface area contributed by atoms with Crippen LogP contribution in [0.15, 0.2) is 12.1 Å². The van der Waals surface area contributed by atoms with Gasteiger partial charge in [0, 0.05) is 39.0 Å². The van der Waals surface area contributed by atoms with Crippen LogP contribution in [0.4, 0.5) is 0 Å². The second-order valence-corrected chi connectivity index (χ2v) is 8.90. The average Bonchev–Trinajstić information content (AvgIpc) is 3.61. The van der Waals surface area contributed by atoms with Crippen LogP contribution in [-0.2, 0) is 9.47 Å². The molecule has 0 aromatic carbocycles. The average molecular weight is 419 g/mol. The van der Waals surface area contributed by atoms with Gasteiger partial charge in [-0.2, -0.15) is 4.98 Å². The second-order valence-electron chi connectivity index (χ2n) is 8.90. The molecule has 0 radical (unpaired) electrons. The Hall–Kier alpha value is -1.86. The fraction of sp³-hybridized carbons (Fsp3) is 0.739. The van der Waals surface area contributed by atoms with Gasteiger partial charge in [-0.25, -0.2) is 0 Å². The zero-order valence-electron chi connectivity index (χ0n) is 18.2. The lowest BCUT2D eigenvalue weighted by atomic mass is 9.78. The minimum Gasteiger partial charge on any atom is -0.481 e. The molecule has 3 heterocycles. The summed E-state index contributed by atoms with van der Waals surface area (Å²) in [7, 11) is 3.07. The van der Waals surface area contributed by atoms with E-state index in [4.69, 9.17) is 18.9 Å². The molecule has 1 amide bonds. The molecule has 7 heteroatoms. The van der Waals surface area contributed by atoms with E-state index in [-0.39, 0.29) is 11.5 Å². The summed E-state index contributed by atoms with van der Waals surface area (Å²) in [6, 6.07) is 3.42. The molecule has 1 unspecified atom stereocenters. The molecule has 1 atom stereocenters. The van der Waals surface area contributed by atoms with Gasteiger partial charge in [-0.1, -0.05) is 0 Å². The van der Waals surface area contributed by atoms with E-state index in [1.807, 2.05) is 4.90 Å². The molecule has 2 saturated heterocycles. The standard InChI is InChI=1S/C23H34N2O5/c1-27-20-6-5-19(21(24-20)28-2)22(26)25-11-9-23(10-12-25)15-17(8-14-30-23)7-13-29-16-18-3-4-18/h5-6,17-18H,3-4,7-16H2,1-2H3. The fourth-order valence-corrected chi connectivity index (χ4v) is 4.65. The number of likely N-dealkylation sites (tertiary alicyclic amines) is 1. The molecule has 1 aliphatic carbocycles. The lowest BCUT2D eigenvalue weighted by Crippen LogP contribution is -2.51. The number of pyridine rings is 1. The Morgan fingerprint density at radius 3 is 2.67 bits per heavy atom. The van der Waals surface area contributed by atoms with Gasteiger partial charge in [0.15, 0.2) is 0 Å². The molecule has 1 aromatic rings. The highest BCUT2D eigenvalue weighted by Gasteiger charge is 2.41. The van der Waals surface area contributed by atoms with Crippen LogP contribution in [0.2, 0.25) is 0 Å². The van der Waals surface area contributed by atoms with Crippen LogP contribution in [0.3, 0.4) is 0 Å². The number of amides is 1. The maximum Gasteiger partial charge on any atom is 0.259 e. The van der Waals surface area contributed by atoms with Gasteiger partial charge < -0.3 is 23.8 Å². The topological polar surface area (TPSA) is 70.1 Å². The van der Waals surface area contributed by atoms with Crippen molar-refractivity contribution in [3.05, 3.63) is 17.7 Å². The van der Waals surface area contributed by atoms with E-state index >= 15 is 0 Å². The van der Waals surface area contributed by atoms with Crippen LogP contribution in [0.25, 0.3) is 0 Å². The maximum atomic E-state index is 13.1. The zero-order valence-corrected chi connectivity index (χ0v) is 18.2. The largest absolute Gasteiger partial charge is 0.481 e. The van der Waals surface area contributed by atoms with Crippen molar-refractivity contribution in [1.29, 1.82) is 0 Å². The fourth-order valence-electron chi connectivity index (χ4n) is 4.65. The quantitative estimate of drug-likeness (QED) is 0.603. The first-order chi connectivity index (χ1) is 14.6. The number of carbonyl (C=O) groups is 1. The smallest absolute Gasteiger partial charge is 0.259 e. The molecular weight excluding hydrogens is 384 g/mol. The number of rotatable bonds is 8. The third-order valence-electron chi connectivity index (χ3n) is 6.75. The van der Waals surface area contributed by atoms with E-state index in [1.165, 1.54) is 20.0 Å². The van der Waals surface area contributed by atoms with Gasteiger partial charge in [-0.3, -0.25) is 4.79 Å². The molecule has 0 bridgehead atoms. The van der Waals surface area contributed by atoms with E-state index in [9.17, 15) is 4.79 Å². The van der Waals surface area contributed by atoms with Crippen LogP contribution in [-0.4, -0.2) is 68.5 Å². The molecule has 7 nitrogen and oxygen atoms in total. The molecule has 3 fully saturated rings. The molecular formula is C23H34N2O5. The normalized spacial score (nSPS) is 23.4. The minimum absolute atomic E-state index is 0.0438. The number of piperidine rings is 1. The van der Waals surface area contributed by atoms with Crippen molar-refractivity contribution in [2.24, 2.45) is 11.8 Å². The Labute approximate surface area is 179 Å². The molecule has 30 heavy (non-hydrogen) atoms. The summed E-state index contributed by atoms with van der Waals surface area (Å²) in [5, 5.41) is 0. The zero-order chi connectivity index (χ0) is 21.0. The van der Waals surface area contributed by atoms with Crippen molar-refractivity contribution in [2.45, 2.75) is 50.5 Å². The lowest BCUT2D eigenvalue weighted by Gasteiger charge is -2.46. The van der Waals surface area contributed by atoms with Crippen molar-refractivity contribution in [1.82, 2.24) is 9.88 Å². The number of nitrogens with zero attached hydrogens (tertiary/aromatic N) is 2. The number of carbonyl (C=O) groups excluding carboxylic acids is 1. The summed E-state index contributed by atoms with van der Waals surface area (Å²) in [6.45, 7) is 4.01. The molecule has 4 rings (SSSR count). The SMILES string of the molecule is COc1ccc(C(=O)N2CCC3(CC2)CC(CCOCC2CC2)CCO3)c(OC)n1. The molecule has 3 aliphatic rings. The number of ether oxygens (including phenoxy) is 4. The molecule has 1 spiro atoms. The van der Waals surface area contributed by atoms with E-state index < -0.39 is 0 Å². The lowest BCUT2D eigenvalue weighted by molar-refractivity contribution is -0.126. The third kappa shape index (κ3) is 5.06. The molecule has 166 valence electrons. The summed E-state index contributed by atoms with van der Waals surface area (Å²) in [6.07, 6.45) is 7.76. The summed E-state index contributed by atoms with van der Waals surface area (Å²) >= 11 is 0. The Balaban J connectivity index is 1.29. The highest BCUT2D eigenvalue weighted by atomic mass is 16.5. The monoisotopic (exact) mass is 418 g/mol. The Morgan fingerprint density at radius 2 is 1.97 bits per heavy atom. The first kappa shape index (κ1) is 21.4. The van der Waals surface area contributed by atoms with Crippen LogP contribution in [0.5, 0.6) is 11.8 Å². The van der Waals surface area contributed by atoms with E-state index in [0.29, 0.717) is 36.3 Å². The predicted molar refractivity (Wildman–Crippen MR) is 112 cm³/mol. The first-order valence-electron chi connectivity index (χ1n) is 11.2. The molecule has 0 N–H and O–H groups in total. The van der Waals surface area contributed by atoms with Crippen molar-refractivity contribution in [3.63, 3.8) is 0 Å². The first-order valence-corrected chi connectivity index (χ1v) is 11.2. The maximum absolute atomic E-state index is 13.1. The summed E-state index contributed by atoms with van der Waals surface area (Å²) in [5.74, 6) is 2.18. The number of hydrogen-bond donors (Lipinski definition) is 0. The Bertz CT molecular complexity index is 728. The Morgan fingerprint density at radius 1 is 1.17 bits per heavy atom. The third-order valence-corrected chi connectivity index (χ3v) is 6.75. The number of aromatic nitrogens is 1. The second kappa shape index (κ2) is 9.52. The summed E-state index contributed by atoms with van der Waals surface area (Å²) in [5.41, 5.74) is 0.392. The van der Waals surface area contributed by atoms with Crippen molar-refractivity contribution >= 4 is 5.91 Å². The van der Waals surface area contributed by atoms with Gasteiger partial charge in [0.05, 0.1) is 19.8 Å². The minimum atomic E-state index is -0.0849. The molecule has 1 aromatic heterocycles. The van der Waals surface area contributed by atoms with Crippen LogP contribution >= 0.6 is 0 Å². The van der Waals surface area contributed by atoms with Gasteiger partial charge in [-0.15, -0.1) is 0 Å². The van der Waals surface area contributed by atoms with Crippen molar-refractivity contribution in [2.75, 3.05) is 47.1 Å². The Kier molecular flexibility index (Phi) is 6.78. The number of hydrogen-bond acceptors (Lipinski definition) is 6. The van der Waals surface area contributed by atoms with E-state index in [2.05, 4.69) is 4.98 Å². The van der Waals surface area contributed by atoms with Gasteiger partial charge in [0.2, 0.25) is 11.8 Å². The molecule has 1 saturated carbocycles. The van der Waals surface area contributed by atoms with Crippen LogP contribution in [0.1, 0.15) is 55.3 Å². The molecule has 2 aliphatic heterocycles. The summed E-state index contributed by atoms with van der Waals surface area (Å²) < 4.78 is 22.6. The predicted octanol–water partition coefficient (Wildman–Crippen LogP) is 3.32. The van der Waals surface area contributed by atoms with Crippen molar-refractivity contribution in [3.8, 4) is 11.8 Å².